The van der Waals surface area contributed by atoms with E-state index in [4.69, 9.17) is 11.6 Å². The van der Waals surface area contributed by atoms with Gasteiger partial charge in [-0.3, -0.25) is 4.79 Å². The molecule has 0 saturated carbocycles. The molecule has 1 atom stereocenters. The number of allylic oxidation sites excluding steroid dienone is 1. The molecule has 1 unspecified atom stereocenters. The number of hydrogen-bond donors (Lipinski definition) is 1. The van der Waals surface area contributed by atoms with Crippen molar-refractivity contribution >= 4 is 17.5 Å². The zero-order valence-corrected chi connectivity index (χ0v) is 11.6. The smallest absolute Gasteiger partial charge is 0.254 e. The molecule has 1 N–H and O–H groups in total. The molecule has 1 amide bonds. The van der Waals surface area contributed by atoms with Crippen molar-refractivity contribution in [2.24, 2.45) is 0 Å². The van der Waals surface area contributed by atoms with Crippen LogP contribution in [0.4, 0.5) is 4.39 Å². The average Bonchev–Trinajstić information content (AvgIpc) is 2.39. The van der Waals surface area contributed by atoms with E-state index >= 15 is 0 Å². The summed E-state index contributed by atoms with van der Waals surface area (Å²) in [6.45, 7) is 1.93. The minimum Gasteiger partial charge on any atom is -0.346 e. The van der Waals surface area contributed by atoms with E-state index in [9.17, 15) is 9.18 Å². The third kappa shape index (κ3) is 3.57. The van der Waals surface area contributed by atoms with Gasteiger partial charge in [-0.05, 0) is 50.8 Å². The summed E-state index contributed by atoms with van der Waals surface area (Å²) in [4.78, 5) is 12.0. The summed E-state index contributed by atoms with van der Waals surface area (Å²) in [5, 5.41) is 3.12. The number of rotatable bonds is 3. The van der Waals surface area contributed by atoms with Crippen molar-refractivity contribution in [3.8, 4) is 0 Å². The first-order valence-corrected chi connectivity index (χ1v) is 6.90. The van der Waals surface area contributed by atoms with Crippen LogP contribution >= 0.6 is 11.6 Å². The van der Waals surface area contributed by atoms with Gasteiger partial charge in [-0.15, -0.1) is 0 Å². The SMILES string of the molecule is CC(NC(=O)c1ccc(Cl)cc1F)C1=CCCCC1. The van der Waals surface area contributed by atoms with Crippen molar-refractivity contribution in [1.29, 1.82) is 0 Å². The van der Waals surface area contributed by atoms with E-state index in [0.29, 0.717) is 0 Å². The molecular formula is C15H17ClFNO. The Morgan fingerprint density at radius 3 is 2.84 bits per heavy atom. The lowest BCUT2D eigenvalue weighted by atomic mass is 9.94. The molecule has 0 spiro atoms. The van der Waals surface area contributed by atoms with Gasteiger partial charge in [0.1, 0.15) is 5.82 Å². The van der Waals surface area contributed by atoms with Gasteiger partial charge < -0.3 is 5.32 Å². The second kappa shape index (κ2) is 6.20. The molecule has 4 heteroatoms. The van der Waals surface area contributed by atoms with Crippen molar-refractivity contribution in [3.05, 3.63) is 46.3 Å². The standard InChI is InChI=1S/C15H17ClFNO/c1-10(11-5-3-2-4-6-11)18-15(19)13-8-7-12(16)9-14(13)17/h5,7-10H,2-4,6H2,1H3,(H,18,19). The van der Waals surface area contributed by atoms with Crippen LogP contribution in [0.15, 0.2) is 29.8 Å². The van der Waals surface area contributed by atoms with Crippen LogP contribution in [0.2, 0.25) is 5.02 Å². The van der Waals surface area contributed by atoms with Gasteiger partial charge in [-0.25, -0.2) is 4.39 Å². The summed E-state index contributed by atoms with van der Waals surface area (Å²) < 4.78 is 13.6. The van der Waals surface area contributed by atoms with Crippen molar-refractivity contribution < 1.29 is 9.18 Å². The number of hydrogen-bond acceptors (Lipinski definition) is 1. The molecule has 0 radical (unpaired) electrons. The van der Waals surface area contributed by atoms with E-state index < -0.39 is 11.7 Å². The predicted molar refractivity (Wildman–Crippen MR) is 74.9 cm³/mol. The normalized spacial score (nSPS) is 16.7. The summed E-state index contributed by atoms with van der Waals surface area (Å²) in [7, 11) is 0. The van der Waals surface area contributed by atoms with Crippen molar-refractivity contribution in [1.82, 2.24) is 5.32 Å². The van der Waals surface area contributed by atoms with Crippen LogP contribution in [-0.4, -0.2) is 11.9 Å². The van der Waals surface area contributed by atoms with E-state index in [-0.39, 0.29) is 16.6 Å². The van der Waals surface area contributed by atoms with Crippen LogP contribution in [0.5, 0.6) is 0 Å². The Hall–Kier alpha value is -1.35. The summed E-state index contributed by atoms with van der Waals surface area (Å²) in [5.74, 6) is -0.983. The monoisotopic (exact) mass is 281 g/mol. The molecule has 1 aromatic carbocycles. The van der Waals surface area contributed by atoms with Crippen molar-refractivity contribution in [2.75, 3.05) is 0 Å². The van der Waals surface area contributed by atoms with Crippen molar-refractivity contribution in [2.45, 2.75) is 38.6 Å². The fraction of sp³-hybridized carbons (Fsp3) is 0.400. The second-order valence-electron chi connectivity index (χ2n) is 4.84. The average molecular weight is 282 g/mol. The van der Waals surface area contributed by atoms with E-state index in [0.717, 1.165) is 25.3 Å². The summed E-state index contributed by atoms with van der Waals surface area (Å²) in [6, 6.07) is 4.03. The highest BCUT2D eigenvalue weighted by Gasteiger charge is 2.17. The quantitative estimate of drug-likeness (QED) is 0.831. The summed E-state index contributed by atoms with van der Waals surface area (Å²) in [6.07, 6.45) is 6.60. The highest BCUT2D eigenvalue weighted by Crippen LogP contribution is 2.21. The lowest BCUT2D eigenvalue weighted by Gasteiger charge is -2.21. The molecule has 1 aromatic rings. The van der Waals surface area contributed by atoms with Crippen LogP contribution in [0.25, 0.3) is 0 Å². The first-order valence-electron chi connectivity index (χ1n) is 6.53. The Bertz CT molecular complexity index is 513. The van der Waals surface area contributed by atoms with Crippen molar-refractivity contribution in [3.63, 3.8) is 0 Å². The molecule has 0 aliphatic heterocycles. The van der Waals surface area contributed by atoms with Crippen LogP contribution in [0.3, 0.4) is 0 Å². The second-order valence-corrected chi connectivity index (χ2v) is 5.28. The number of amides is 1. The minimum absolute atomic E-state index is 0.0349. The maximum atomic E-state index is 13.6. The Kier molecular flexibility index (Phi) is 4.59. The van der Waals surface area contributed by atoms with E-state index in [1.165, 1.54) is 24.1 Å². The van der Waals surface area contributed by atoms with Gasteiger partial charge in [0, 0.05) is 11.1 Å². The molecule has 19 heavy (non-hydrogen) atoms. The Labute approximate surface area is 117 Å². The van der Waals surface area contributed by atoms with Gasteiger partial charge in [0.25, 0.3) is 5.91 Å². The lowest BCUT2D eigenvalue weighted by molar-refractivity contribution is 0.0940. The van der Waals surface area contributed by atoms with Gasteiger partial charge in [0.05, 0.1) is 5.56 Å². The van der Waals surface area contributed by atoms with Gasteiger partial charge in [0.15, 0.2) is 0 Å². The molecule has 0 fully saturated rings. The van der Waals surface area contributed by atoms with Crippen LogP contribution in [0, 0.1) is 5.82 Å². The number of halogens is 2. The Morgan fingerprint density at radius 2 is 2.21 bits per heavy atom. The lowest BCUT2D eigenvalue weighted by Crippen LogP contribution is -2.34. The topological polar surface area (TPSA) is 29.1 Å². The Balaban J connectivity index is 2.06. The number of carbonyl (C=O) groups is 1. The maximum Gasteiger partial charge on any atom is 0.254 e. The Morgan fingerprint density at radius 1 is 1.42 bits per heavy atom. The molecule has 1 aliphatic rings. The van der Waals surface area contributed by atoms with Gasteiger partial charge in [-0.2, -0.15) is 0 Å². The van der Waals surface area contributed by atoms with E-state index in [1.807, 2.05) is 6.92 Å². The molecule has 0 heterocycles. The fourth-order valence-electron chi connectivity index (χ4n) is 2.30. The van der Waals surface area contributed by atoms with E-state index in [1.54, 1.807) is 0 Å². The summed E-state index contributed by atoms with van der Waals surface area (Å²) >= 11 is 5.67. The van der Waals surface area contributed by atoms with Crippen LogP contribution in [0.1, 0.15) is 43.0 Å². The third-order valence-electron chi connectivity index (χ3n) is 3.41. The molecule has 2 nitrogen and oxygen atoms in total. The third-order valence-corrected chi connectivity index (χ3v) is 3.64. The molecule has 0 saturated heterocycles. The number of benzene rings is 1. The van der Waals surface area contributed by atoms with Crippen LogP contribution < -0.4 is 5.32 Å². The molecule has 1 aliphatic carbocycles. The first kappa shape index (κ1) is 14.1. The largest absolute Gasteiger partial charge is 0.346 e. The molecular weight excluding hydrogens is 265 g/mol. The van der Waals surface area contributed by atoms with E-state index in [2.05, 4.69) is 11.4 Å². The predicted octanol–water partition coefficient (Wildman–Crippen LogP) is 4.10. The first-order chi connectivity index (χ1) is 9.08. The number of carbonyl (C=O) groups excluding carboxylic acids is 1. The molecule has 102 valence electrons. The molecule has 0 bridgehead atoms. The number of nitrogens with one attached hydrogen (secondary N) is 1. The molecule has 2 rings (SSSR count). The van der Waals surface area contributed by atoms with Gasteiger partial charge in [0.2, 0.25) is 0 Å². The highest BCUT2D eigenvalue weighted by molar-refractivity contribution is 6.30. The fourth-order valence-corrected chi connectivity index (χ4v) is 2.46. The highest BCUT2D eigenvalue weighted by atomic mass is 35.5. The maximum absolute atomic E-state index is 13.6. The van der Waals surface area contributed by atoms with Crippen LogP contribution in [-0.2, 0) is 0 Å². The summed E-state index contributed by atoms with van der Waals surface area (Å²) in [5.41, 5.74) is 1.27. The zero-order valence-electron chi connectivity index (χ0n) is 10.9. The minimum atomic E-state index is -0.588. The zero-order chi connectivity index (χ0) is 13.8. The molecule has 0 aromatic heterocycles. The van der Waals surface area contributed by atoms with Gasteiger partial charge in [-0.1, -0.05) is 23.3 Å². The van der Waals surface area contributed by atoms with Gasteiger partial charge >= 0.3 is 0 Å².